The summed E-state index contributed by atoms with van der Waals surface area (Å²) in [4.78, 5) is 17.9. The van der Waals surface area contributed by atoms with Crippen LogP contribution in [0.1, 0.15) is 71.1 Å². The van der Waals surface area contributed by atoms with Gasteiger partial charge in [0, 0.05) is 25.2 Å². The molecule has 3 atom stereocenters. The minimum atomic E-state index is -0.299. The van der Waals surface area contributed by atoms with Gasteiger partial charge in [0.2, 0.25) is 5.91 Å². The van der Waals surface area contributed by atoms with Crippen LogP contribution in [0.25, 0.3) is 0 Å². The average Bonchev–Trinajstić information content (AvgIpc) is 2.83. The van der Waals surface area contributed by atoms with Crippen molar-refractivity contribution in [1.29, 1.82) is 0 Å². The minimum absolute atomic E-state index is 0. The second kappa shape index (κ2) is 11.1. The summed E-state index contributed by atoms with van der Waals surface area (Å²) in [5.74, 6) is 1.05. The summed E-state index contributed by atoms with van der Waals surface area (Å²) in [5.41, 5.74) is 6.18. The molecular formula is C20H39Cl2N3O. The molecule has 0 aromatic rings. The van der Waals surface area contributed by atoms with Crippen molar-refractivity contribution in [3.8, 4) is 0 Å². The van der Waals surface area contributed by atoms with Crippen molar-refractivity contribution in [3.05, 3.63) is 0 Å². The predicted octanol–water partition coefficient (Wildman–Crippen LogP) is 3.85. The lowest BCUT2D eigenvalue weighted by Crippen LogP contribution is -2.55. The molecule has 2 N–H and O–H groups in total. The summed E-state index contributed by atoms with van der Waals surface area (Å²) in [6, 6.07) is 0. The number of carbonyl (C=O) groups is 1. The topological polar surface area (TPSA) is 49.6 Å². The number of rotatable bonds is 3. The van der Waals surface area contributed by atoms with Gasteiger partial charge >= 0.3 is 0 Å². The second-order valence-corrected chi connectivity index (χ2v) is 8.81. The van der Waals surface area contributed by atoms with E-state index in [-0.39, 0.29) is 36.3 Å². The van der Waals surface area contributed by atoms with Crippen LogP contribution in [0.15, 0.2) is 0 Å². The Labute approximate surface area is 172 Å². The van der Waals surface area contributed by atoms with Crippen molar-refractivity contribution < 1.29 is 4.79 Å². The third kappa shape index (κ3) is 6.25. The zero-order chi connectivity index (χ0) is 17.0. The molecule has 0 spiro atoms. The average molecular weight is 408 g/mol. The fourth-order valence-electron chi connectivity index (χ4n) is 5.08. The maximum atomic E-state index is 13.1. The quantitative estimate of drug-likeness (QED) is 0.772. The molecule has 6 heteroatoms. The van der Waals surface area contributed by atoms with Gasteiger partial charge in [-0.05, 0) is 64.5 Å². The molecule has 0 radical (unpaired) electrons. The lowest BCUT2D eigenvalue weighted by Gasteiger charge is -2.42. The molecule has 1 saturated carbocycles. The van der Waals surface area contributed by atoms with Gasteiger partial charge in [0.05, 0.1) is 5.92 Å². The van der Waals surface area contributed by atoms with Crippen LogP contribution in [-0.4, -0.2) is 54.0 Å². The van der Waals surface area contributed by atoms with Crippen LogP contribution in [0.4, 0.5) is 0 Å². The highest BCUT2D eigenvalue weighted by Gasteiger charge is 2.40. The van der Waals surface area contributed by atoms with Crippen LogP contribution in [0.3, 0.4) is 0 Å². The van der Waals surface area contributed by atoms with E-state index in [0.717, 1.165) is 38.8 Å². The van der Waals surface area contributed by atoms with Crippen LogP contribution in [0, 0.1) is 11.8 Å². The van der Waals surface area contributed by atoms with E-state index in [1.54, 1.807) is 0 Å². The van der Waals surface area contributed by atoms with E-state index >= 15 is 0 Å². The molecule has 3 rings (SSSR count). The summed E-state index contributed by atoms with van der Waals surface area (Å²) >= 11 is 0. The van der Waals surface area contributed by atoms with Gasteiger partial charge in [-0.25, -0.2) is 0 Å². The van der Waals surface area contributed by atoms with Crippen molar-refractivity contribution in [2.45, 2.75) is 76.7 Å². The summed E-state index contributed by atoms with van der Waals surface area (Å²) in [6.07, 6.45) is 12.2. The molecule has 2 heterocycles. The van der Waals surface area contributed by atoms with Crippen LogP contribution < -0.4 is 5.73 Å². The van der Waals surface area contributed by atoms with Crippen LogP contribution in [0.2, 0.25) is 0 Å². The monoisotopic (exact) mass is 407 g/mol. The van der Waals surface area contributed by atoms with Gasteiger partial charge in [-0.1, -0.05) is 25.7 Å². The normalized spacial score (nSPS) is 33.5. The highest BCUT2D eigenvalue weighted by Crippen LogP contribution is 2.34. The maximum Gasteiger partial charge on any atom is 0.227 e. The number of halogens is 2. The number of nitrogens with zero attached hydrogens (tertiary/aromatic N) is 2. The second-order valence-electron chi connectivity index (χ2n) is 8.81. The minimum Gasteiger partial charge on any atom is -0.342 e. The van der Waals surface area contributed by atoms with Crippen molar-refractivity contribution in [2.24, 2.45) is 17.6 Å². The van der Waals surface area contributed by atoms with Gasteiger partial charge in [-0.3, -0.25) is 4.79 Å². The number of amides is 1. The standard InChI is InChI=1S/C20H37N3O.2ClH/c1-20(21)11-5-4-10-18(20)19(24)23-14-8-9-17(16-23)15-22-12-6-2-3-7-13-22;;/h17-18H,2-16,21H2,1H3;2*1H. The Hall–Kier alpha value is -0.0300. The molecule has 154 valence electrons. The Balaban J connectivity index is 0.00000169. The Kier molecular flexibility index (Phi) is 10.2. The Morgan fingerprint density at radius 3 is 2.31 bits per heavy atom. The molecule has 2 aliphatic heterocycles. The van der Waals surface area contributed by atoms with Gasteiger partial charge in [-0.15, -0.1) is 24.8 Å². The van der Waals surface area contributed by atoms with Gasteiger partial charge in [-0.2, -0.15) is 0 Å². The lowest BCUT2D eigenvalue weighted by atomic mass is 9.73. The SMILES string of the molecule is CC1(N)CCCCC1C(=O)N1CCCC(CN2CCCCCC2)C1.Cl.Cl. The lowest BCUT2D eigenvalue weighted by molar-refractivity contribution is -0.141. The molecule has 4 nitrogen and oxygen atoms in total. The first-order valence-corrected chi connectivity index (χ1v) is 10.4. The maximum absolute atomic E-state index is 13.1. The highest BCUT2D eigenvalue weighted by molar-refractivity contribution is 5.85. The number of carbonyl (C=O) groups excluding carboxylic acids is 1. The zero-order valence-electron chi connectivity index (χ0n) is 16.5. The van der Waals surface area contributed by atoms with Gasteiger partial charge in [0.25, 0.3) is 0 Å². The molecule has 0 aromatic carbocycles. The summed E-state index contributed by atoms with van der Waals surface area (Å²) in [6.45, 7) is 7.70. The molecule has 1 aliphatic carbocycles. The van der Waals surface area contributed by atoms with E-state index in [1.807, 2.05) is 0 Å². The predicted molar refractivity (Wildman–Crippen MR) is 113 cm³/mol. The van der Waals surface area contributed by atoms with E-state index in [4.69, 9.17) is 5.73 Å². The van der Waals surface area contributed by atoms with Crippen LogP contribution in [0.5, 0.6) is 0 Å². The highest BCUT2D eigenvalue weighted by atomic mass is 35.5. The summed E-state index contributed by atoms with van der Waals surface area (Å²) < 4.78 is 0. The third-order valence-corrected chi connectivity index (χ3v) is 6.60. The molecule has 3 aliphatic rings. The zero-order valence-corrected chi connectivity index (χ0v) is 18.1. The Morgan fingerprint density at radius 1 is 0.962 bits per heavy atom. The fraction of sp³-hybridized carbons (Fsp3) is 0.950. The van der Waals surface area contributed by atoms with Crippen LogP contribution in [-0.2, 0) is 4.79 Å². The molecule has 0 aromatic heterocycles. The number of nitrogens with two attached hydrogens (primary N) is 1. The van der Waals surface area contributed by atoms with E-state index in [9.17, 15) is 4.79 Å². The number of likely N-dealkylation sites (tertiary alicyclic amines) is 2. The summed E-state index contributed by atoms with van der Waals surface area (Å²) in [5, 5.41) is 0. The van der Waals surface area contributed by atoms with Crippen molar-refractivity contribution in [3.63, 3.8) is 0 Å². The van der Waals surface area contributed by atoms with E-state index < -0.39 is 0 Å². The fourth-order valence-corrected chi connectivity index (χ4v) is 5.08. The van der Waals surface area contributed by atoms with Gasteiger partial charge in [0.1, 0.15) is 0 Å². The first kappa shape index (κ1) is 24.0. The smallest absolute Gasteiger partial charge is 0.227 e. The Bertz CT molecular complexity index is 425. The molecule has 26 heavy (non-hydrogen) atoms. The van der Waals surface area contributed by atoms with E-state index in [1.165, 1.54) is 58.2 Å². The molecule has 1 amide bonds. The van der Waals surface area contributed by atoms with Gasteiger partial charge in [0.15, 0.2) is 0 Å². The Morgan fingerprint density at radius 2 is 1.65 bits per heavy atom. The number of piperidine rings is 1. The first-order valence-electron chi connectivity index (χ1n) is 10.4. The van der Waals surface area contributed by atoms with Crippen molar-refractivity contribution in [2.75, 3.05) is 32.7 Å². The number of hydrogen-bond donors (Lipinski definition) is 1. The van der Waals surface area contributed by atoms with E-state index in [2.05, 4.69) is 16.7 Å². The largest absolute Gasteiger partial charge is 0.342 e. The molecule has 3 fully saturated rings. The van der Waals surface area contributed by atoms with Gasteiger partial charge < -0.3 is 15.5 Å². The van der Waals surface area contributed by atoms with Crippen LogP contribution >= 0.6 is 24.8 Å². The molecule has 2 saturated heterocycles. The van der Waals surface area contributed by atoms with E-state index in [0.29, 0.717) is 11.8 Å². The van der Waals surface area contributed by atoms with Crippen molar-refractivity contribution >= 4 is 30.7 Å². The molecular weight excluding hydrogens is 369 g/mol. The first-order chi connectivity index (χ1) is 11.6. The van der Waals surface area contributed by atoms with Crippen molar-refractivity contribution in [1.82, 2.24) is 9.80 Å². The summed E-state index contributed by atoms with van der Waals surface area (Å²) in [7, 11) is 0. The number of hydrogen-bond acceptors (Lipinski definition) is 3. The molecule has 3 unspecified atom stereocenters. The third-order valence-electron chi connectivity index (χ3n) is 6.60. The molecule has 0 bridgehead atoms.